The predicted octanol–water partition coefficient (Wildman–Crippen LogP) is 3.54. The van der Waals surface area contributed by atoms with Crippen LogP contribution in [-0.4, -0.2) is 0 Å². The van der Waals surface area contributed by atoms with Crippen molar-refractivity contribution in [1.82, 2.24) is 0 Å². The molecule has 0 heterocycles. The van der Waals surface area contributed by atoms with E-state index in [-0.39, 0.29) is 0 Å². The molecule has 1 nitrogen and oxygen atoms in total. The van der Waals surface area contributed by atoms with E-state index in [1.165, 1.54) is 5.56 Å². The van der Waals surface area contributed by atoms with Crippen LogP contribution in [0.25, 0.3) is 0 Å². The summed E-state index contributed by atoms with van der Waals surface area (Å²) < 4.78 is 0. The highest BCUT2D eigenvalue weighted by molar-refractivity contribution is 5.62. The van der Waals surface area contributed by atoms with Crippen molar-refractivity contribution in [1.29, 1.82) is 0 Å². The second-order valence-electron chi connectivity index (χ2n) is 3.23. The van der Waals surface area contributed by atoms with Gasteiger partial charge in [0.1, 0.15) is 0 Å². The van der Waals surface area contributed by atoms with Gasteiger partial charge in [-0.05, 0) is 36.8 Å². The van der Waals surface area contributed by atoms with Crippen molar-refractivity contribution in [2.24, 2.45) is 0 Å². The van der Waals surface area contributed by atoms with E-state index in [4.69, 9.17) is 0 Å². The van der Waals surface area contributed by atoms with Crippen LogP contribution in [0.4, 0.5) is 11.4 Å². The molecule has 1 heteroatoms. The van der Waals surface area contributed by atoms with Crippen LogP contribution in [-0.2, 0) is 0 Å². The minimum atomic E-state index is 1.07. The van der Waals surface area contributed by atoms with Crippen LogP contribution in [0.3, 0.4) is 0 Å². The van der Waals surface area contributed by atoms with E-state index in [2.05, 4.69) is 30.4 Å². The molecule has 0 fully saturated rings. The van der Waals surface area contributed by atoms with Gasteiger partial charge in [0, 0.05) is 11.4 Å². The smallest absolute Gasteiger partial charge is 0.0413 e. The third-order valence-electron chi connectivity index (χ3n) is 2.13. The summed E-state index contributed by atoms with van der Waals surface area (Å²) in [4.78, 5) is 0. The maximum absolute atomic E-state index is 3.34. The average molecular weight is 182 g/mol. The van der Waals surface area contributed by atoms with Crippen molar-refractivity contribution >= 4 is 11.4 Å². The van der Waals surface area contributed by atoms with Crippen LogP contribution in [0.1, 0.15) is 5.56 Å². The number of hydrogen-bond acceptors (Lipinski definition) is 1. The maximum Gasteiger partial charge on any atom is 0.0413 e. The summed E-state index contributed by atoms with van der Waals surface area (Å²) in [7, 11) is 0. The Hall–Kier alpha value is -1.76. The highest BCUT2D eigenvalue weighted by atomic mass is 14.9. The van der Waals surface area contributed by atoms with E-state index in [1.807, 2.05) is 36.4 Å². The standard InChI is InChI=1S/C13H12N/c1-11-7-5-6-10-13(11)14-12-8-3-2-4-9-12/h2-3,5-10,14H,1H3. The van der Waals surface area contributed by atoms with Gasteiger partial charge in [0.25, 0.3) is 0 Å². The maximum atomic E-state index is 3.34. The van der Waals surface area contributed by atoms with E-state index < -0.39 is 0 Å². The lowest BCUT2D eigenvalue weighted by molar-refractivity contribution is 1.43. The van der Waals surface area contributed by atoms with Gasteiger partial charge in [0.15, 0.2) is 0 Å². The van der Waals surface area contributed by atoms with Gasteiger partial charge in [-0.25, -0.2) is 0 Å². The van der Waals surface area contributed by atoms with Crippen LogP contribution < -0.4 is 5.32 Å². The zero-order chi connectivity index (χ0) is 9.80. The molecule has 0 spiro atoms. The van der Waals surface area contributed by atoms with E-state index in [0.717, 1.165) is 11.4 Å². The quantitative estimate of drug-likeness (QED) is 0.749. The van der Waals surface area contributed by atoms with Crippen LogP contribution in [0.5, 0.6) is 0 Å². The van der Waals surface area contributed by atoms with Gasteiger partial charge < -0.3 is 5.32 Å². The van der Waals surface area contributed by atoms with Crippen molar-refractivity contribution in [2.45, 2.75) is 6.92 Å². The highest BCUT2D eigenvalue weighted by Gasteiger charge is 1.95. The molecule has 0 aromatic heterocycles. The SMILES string of the molecule is Cc1ccccc1Nc1c[c]ccc1. The van der Waals surface area contributed by atoms with Gasteiger partial charge in [-0.1, -0.05) is 30.3 Å². The van der Waals surface area contributed by atoms with Crippen molar-refractivity contribution in [3.8, 4) is 0 Å². The average Bonchev–Trinajstić information content (AvgIpc) is 2.23. The molecule has 14 heavy (non-hydrogen) atoms. The number of benzene rings is 2. The molecule has 0 saturated carbocycles. The molecule has 69 valence electrons. The fourth-order valence-corrected chi connectivity index (χ4v) is 1.34. The van der Waals surface area contributed by atoms with Crippen LogP contribution in [0, 0.1) is 13.0 Å². The summed E-state index contributed by atoms with van der Waals surface area (Å²) in [6, 6.07) is 19.1. The topological polar surface area (TPSA) is 12.0 Å². The first-order valence-electron chi connectivity index (χ1n) is 4.65. The van der Waals surface area contributed by atoms with Crippen LogP contribution in [0.15, 0.2) is 48.5 Å². The largest absolute Gasteiger partial charge is 0.355 e. The summed E-state index contributed by atoms with van der Waals surface area (Å²) in [6.45, 7) is 2.09. The fourth-order valence-electron chi connectivity index (χ4n) is 1.34. The van der Waals surface area contributed by atoms with Gasteiger partial charge in [0.2, 0.25) is 0 Å². The van der Waals surface area contributed by atoms with Gasteiger partial charge in [-0.15, -0.1) is 0 Å². The second kappa shape index (κ2) is 3.97. The van der Waals surface area contributed by atoms with Crippen molar-refractivity contribution in [3.05, 3.63) is 60.2 Å². The number of nitrogens with one attached hydrogen (secondary N) is 1. The zero-order valence-corrected chi connectivity index (χ0v) is 8.12. The number of aryl methyl sites for hydroxylation is 1. The molecule has 0 bridgehead atoms. The van der Waals surface area contributed by atoms with Gasteiger partial charge >= 0.3 is 0 Å². The monoisotopic (exact) mass is 182 g/mol. The molecule has 1 N–H and O–H groups in total. The lowest BCUT2D eigenvalue weighted by Gasteiger charge is -2.08. The Bertz CT molecular complexity index is 407. The highest BCUT2D eigenvalue weighted by Crippen LogP contribution is 2.18. The van der Waals surface area contributed by atoms with Gasteiger partial charge in [-0.2, -0.15) is 0 Å². The molecule has 2 aromatic carbocycles. The Balaban J connectivity index is 2.24. The Morgan fingerprint density at radius 3 is 2.64 bits per heavy atom. The molecular formula is C13H12N. The van der Waals surface area contributed by atoms with Gasteiger partial charge in [-0.3, -0.25) is 0 Å². The molecule has 0 aliphatic rings. The summed E-state index contributed by atoms with van der Waals surface area (Å²) >= 11 is 0. The number of para-hydroxylation sites is 1. The molecule has 0 aliphatic heterocycles. The Labute approximate surface area is 84.4 Å². The van der Waals surface area contributed by atoms with E-state index >= 15 is 0 Å². The molecule has 0 amide bonds. The fraction of sp³-hybridized carbons (Fsp3) is 0.0769. The number of rotatable bonds is 2. The molecule has 0 saturated heterocycles. The molecule has 1 radical (unpaired) electrons. The summed E-state index contributed by atoms with van der Waals surface area (Å²) in [5.41, 5.74) is 3.46. The first-order chi connectivity index (χ1) is 6.86. The van der Waals surface area contributed by atoms with Crippen molar-refractivity contribution < 1.29 is 0 Å². The Morgan fingerprint density at radius 2 is 1.93 bits per heavy atom. The third-order valence-corrected chi connectivity index (χ3v) is 2.13. The molecule has 0 atom stereocenters. The lowest BCUT2D eigenvalue weighted by Crippen LogP contribution is -1.91. The summed E-state index contributed by atoms with van der Waals surface area (Å²) in [6.07, 6.45) is 0. The zero-order valence-electron chi connectivity index (χ0n) is 8.12. The first kappa shape index (κ1) is 8.82. The first-order valence-corrected chi connectivity index (χ1v) is 4.65. The van der Waals surface area contributed by atoms with Crippen LogP contribution >= 0.6 is 0 Å². The molecule has 2 rings (SSSR count). The minimum Gasteiger partial charge on any atom is -0.355 e. The summed E-state index contributed by atoms with van der Waals surface area (Å²) in [5, 5.41) is 3.34. The van der Waals surface area contributed by atoms with Crippen molar-refractivity contribution in [3.63, 3.8) is 0 Å². The van der Waals surface area contributed by atoms with E-state index in [0.29, 0.717) is 0 Å². The minimum absolute atomic E-state index is 1.07. The van der Waals surface area contributed by atoms with Gasteiger partial charge in [0.05, 0.1) is 0 Å². The Morgan fingerprint density at radius 1 is 1.07 bits per heavy atom. The van der Waals surface area contributed by atoms with E-state index in [1.54, 1.807) is 0 Å². The van der Waals surface area contributed by atoms with Crippen molar-refractivity contribution in [2.75, 3.05) is 5.32 Å². The third kappa shape index (κ3) is 1.94. The summed E-state index contributed by atoms with van der Waals surface area (Å²) in [5.74, 6) is 0. The lowest BCUT2D eigenvalue weighted by atomic mass is 10.2. The number of hydrogen-bond donors (Lipinski definition) is 1. The molecule has 2 aromatic rings. The normalized spacial score (nSPS) is 9.79. The number of anilines is 2. The van der Waals surface area contributed by atoms with E-state index in [9.17, 15) is 0 Å². The van der Waals surface area contributed by atoms with Crippen LogP contribution in [0.2, 0.25) is 0 Å². The molecular weight excluding hydrogens is 170 g/mol. The predicted molar refractivity (Wildman–Crippen MR) is 59.7 cm³/mol. The second-order valence-corrected chi connectivity index (χ2v) is 3.23. The molecule has 0 aliphatic carbocycles. The molecule has 0 unspecified atom stereocenters. The Kier molecular flexibility index (Phi) is 2.50.